The Bertz CT molecular complexity index is 533. The number of aliphatic imine (C=N–C) groups is 1. The van der Waals surface area contributed by atoms with Gasteiger partial charge in [-0.15, -0.1) is 0 Å². The first-order chi connectivity index (χ1) is 6.81. The van der Waals surface area contributed by atoms with Gasteiger partial charge in [0.15, 0.2) is 5.15 Å². The Morgan fingerprint density at radius 1 is 1.36 bits per heavy atom. The maximum absolute atomic E-state index is 10.1. The molecule has 0 unspecified atom stereocenters. The van der Waals surface area contributed by atoms with E-state index in [4.69, 9.17) is 11.6 Å². The second-order valence-corrected chi connectivity index (χ2v) is 3.05. The minimum Gasteiger partial charge on any atom is -0.234 e. The fourth-order valence-corrected chi connectivity index (χ4v) is 1.40. The fraction of sp³-hybridized carbons (Fsp3) is 0. The van der Waals surface area contributed by atoms with Crippen molar-refractivity contribution in [2.75, 3.05) is 0 Å². The first-order valence-electron chi connectivity index (χ1n) is 3.94. The van der Waals surface area contributed by atoms with Crippen LogP contribution in [0.4, 0.5) is 5.69 Å². The van der Waals surface area contributed by atoms with E-state index in [1.165, 1.54) is 6.08 Å². The van der Waals surface area contributed by atoms with E-state index in [1.807, 2.05) is 24.3 Å². The number of benzene rings is 1. The lowest BCUT2D eigenvalue weighted by Crippen LogP contribution is -1.79. The maximum atomic E-state index is 10.1. The molecule has 68 valence electrons. The Labute approximate surface area is 85.1 Å². The molecule has 0 saturated heterocycles. The summed E-state index contributed by atoms with van der Waals surface area (Å²) in [7, 11) is 0. The SMILES string of the molecule is O=C=Nc1cc2ccccc2nc1Cl. The summed E-state index contributed by atoms with van der Waals surface area (Å²) in [6.45, 7) is 0. The van der Waals surface area contributed by atoms with Gasteiger partial charge in [-0.25, -0.2) is 9.78 Å². The molecule has 4 heteroatoms. The van der Waals surface area contributed by atoms with Crippen molar-refractivity contribution >= 4 is 34.3 Å². The molecule has 0 aliphatic heterocycles. The molecule has 2 aromatic rings. The molecule has 0 aliphatic rings. The Hall–Kier alpha value is -1.70. The van der Waals surface area contributed by atoms with Crippen LogP contribution in [0.25, 0.3) is 10.9 Å². The van der Waals surface area contributed by atoms with Gasteiger partial charge in [-0.1, -0.05) is 29.8 Å². The van der Waals surface area contributed by atoms with Gasteiger partial charge in [-0.3, -0.25) is 0 Å². The molecule has 0 atom stereocenters. The monoisotopic (exact) mass is 204 g/mol. The van der Waals surface area contributed by atoms with Gasteiger partial charge >= 0.3 is 0 Å². The van der Waals surface area contributed by atoms with Gasteiger partial charge in [0, 0.05) is 5.39 Å². The molecule has 0 bridgehead atoms. The van der Waals surface area contributed by atoms with Crippen molar-refractivity contribution in [3.63, 3.8) is 0 Å². The lowest BCUT2D eigenvalue weighted by molar-refractivity contribution is 0.565. The molecule has 0 radical (unpaired) electrons. The van der Waals surface area contributed by atoms with Crippen molar-refractivity contribution in [3.8, 4) is 0 Å². The highest BCUT2D eigenvalue weighted by Gasteiger charge is 2.02. The minimum absolute atomic E-state index is 0.215. The molecule has 0 saturated carbocycles. The number of rotatable bonds is 1. The van der Waals surface area contributed by atoms with Crippen molar-refractivity contribution in [3.05, 3.63) is 35.5 Å². The number of aromatic nitrogens is 1. The third kappa shape index (κ3) is 1.51. The van der Waals surface area contributed by atoms with Gasteiger partial charge in [0.05, 0.1) is 5.52 Å². The average Bonchev–Trinajstić information content (AvgIpc) is 2.19. The zero-order valence-corrected chi connectivity index (χ0v) is 7.82. The molecular weight excluding hydrogens is 200 g/mol. The molecule has 0 spiro atoms. The lowest BCUT2D eigenvalue weighted by Gasteiger charge is -1.99. The predicted molar refractivity (Wildman–Crippen MR) is 54.5 cm³/mol. The average molecular weight is 205 g/mol. The highest BCUT2D eigenvalue weighted by molar-refractivity contribution is 6.32. The topological polar surface area (TPSA) is 42.3 Å². The van der Waals surface area contributed by atoms with Crippen molar-refractivity contribution in [1.82, 2.24) is 4.98 Å². The molecule has 0 fully saturated rings. The van der Waals surface area contributed by atoms with Crippen LogP contribution in [-0.4, -0.2) is 11.1 Å². The van der Waals surface area contributed by atoms with E-state index in [1.54, 1.807) is 6.07 Å². The number of halogens is 1. The standard InChI is InChI=1S/C10H5ClN2O/c11-10-9(12-6-14)5-7-3-1-2-4-8(7)13-10/h1-5H. The summed E-state index contributed by atoms with van der Waals surface area (Å²) in [6, 6.07) is 9.17. The number of hydrogen-bond acceptors (Lipinski definition) is 3. The van der Waals surface area contributed by atoms with Gasteiger partial charge in [-0.2, -0.15) is 4.99 Å². The lowest BCUT2D eigenvalue weighted by atomic mass is 10.2. The smallest absolute Gasteiger partial charge is 0.234 e. The first kappa shape index (κ1) is 8.88. The highest BCUT2D eigenvalue weighted by atomic mass is 35.5. The van der Waals surface area contributed by atoms with Crippen LogP contribution >= 0.6 is 11.6 Å². The molecular formula is C10H5ClN2O. The zero-order chi connectivity index (χ0) is 9.97. The van der Waals surface area contributed by atoms with E-state index in [9.17, 15) is 4.79 Å². The third-order valence-electron chi connectivity index (χ3n) is 1.83. The van der Waals surface area contributed by atoms with Crippen LogP contribution in [0.15, 0.2) is 35.3 Å². The predicted octanol–water partition coefficient (Wildman–Crippen LogP) is 2.86. The van der Waals surface area contributed by atoms with Crippen molar-refractivity contribution in [1.29, 1.82) is 0 Å². The van der Waals surface area contributed by atoms with Crippen LogP contribution in [0.5, 0.6) is 0 Å². The van der Waals surface area contributed by atoms with E-state index in [0.29, 0.717) is 5.69 Å². The third-order valence-corrected chi connectivity index (χ3v) is 2.10. The maximum Gasteiger partial charge on any atom is 0.240 e. The summed E-state index contributed by atoms with van der Waals surface area (Å²) in [5.41, 5.74) is 1.13. The second kappa shape index (κ2) is 3.58. The molecule has 0 amide bonds. The summed E-state index contributed by atoms with van der Waals surface area (Å²) in [6.07, 6.45) is 1.44. The summed E-state index contributed by atoms with van der Waals surface area (Å²) in [4.78, 5) is 17.6. The molecule has 1 heterocycles. The van der Waals surface area contributed by atoms with Crippen molar-refractivity contribution in [2.24, 2.45) is 4.99 Å². The number of para-hydroxylation sites is 1. The van der Waals surface area contributed by atoms with Crippen LogP contribution in [0.3, 0.4) is 0 Å². The number of nitrogens with zero attached hydrogens (tertiary/aromatic N) is 2. The molecule has 2 rings (SSSR count). The number of hydrogen-bond donors (Lipinski definition) is 0. The minimum atomic E-state index is 0.215. The van der Waals surface area contributed by atoms with Crippen LogP contribution in [0.2, 0.25) is 5.15 Å². The molecule has 1 aromatic carbocycles. The molecule has 0 aliphatic carbocycles. The molecule has 1 aromatic heterocycles. The summed E-state index contributed by atoms with van der Waals surface area (Å²) in [5.74, 6) is 0. The van der Waals surface area contributed by atoms with Crippen LogP contribution in [0.1, 0.15) is 0 Å². The van der Waals surface area contributed by atoms with E-state index in [0.717, 1.165) is 10.9 Å². The van der Waals surface area contributed by atoms with Gasteiger partial charge < -0.3 is 0 Å². The van der Waals surface area contributed by atoms with Gasteiger partial charge in [-0.05, 0) is 12.1 Å². The Morgan fingerprint density at radius 3 is 2.93 bits per heavy atom. The normalized spacial score (nSPS) is 9.79. The Morgan fingerprint density at radius 2 is 2.14 bits per heavy atom. The Kier molecular flexibility index (Phi) is 2.27. The molecule has 0 N–H and O–H groups in total. The summed E-state index contributed by atoms with van der Waals surface area (Å²) < 4.78 is 0. The van der Waals surface area contributed by atoms with Gasteiger partial charge in [0.1, 0.15) is 5.69 Å². The quantitative estimate of drug-likeness (QED) is 0.407. The van der Waals surface area contributed by atoms with E-state index < -0.39 is 0 Å². The number of isocyanates is 1. The first-order valence-corrected chi connectivity index (χ1v) is 4.32. The molecule has 14 heavy (non-hydrogen) atoms. The molecule has 3 nitrogen and oxygen atoms in total. The van der Waals surface area contributed by atoms with Crippen LogP contribution < -0.4 is 0 Å². The Balaban J connectivity index is 2.76. The summed E-state index contributed by atoms with van der Waals surface area (Å²) in [5, 5.41) is 1.11. The fourth-order valence-electron chi connectivity index (χ4n) is 1.21. The zero-order valence-electron chi connectivity index (χ0n) is 7.07. The van der Waals surface area contributed by atoms with Gasteiger partial charge in [0.2, 0.25) is 6.08 Å². The van der Waals surface area contributed by atoms with Crippen molar-refractivity contribution in [2.45, 2.75) is 0 Å². The van der Waals surface area contributed by atoms with Crippen LogP contribution in [0, 0.1) is 0 Å². The van der Waals surface area contributed by atoms with Crippen molar-refractivity contribution < 1.29 is 4.79 Å². The second-order valence-electron chi connectivity index (χ2n) is 2.69. The number of carbonyl (C=O) groups excluding carboxylic acids is 1. The van der Waals surface area contributed by atoms with E-state index in [2.05, 4.69) is 9.98 Å². The highest BCUT2D eigenvalue weighted by Crippen LogP contribution is 2.26. The summed E-state index contributed by atoms with van der Waals surface area (Å²) >= 11 is 5.80. The van der Waals surface area contributed by atoms with Crippen LogP contribution in [-0.2, 0) is 4.79 Å². The number of pyridine rings is 1. The largest absolute Gasteiger partial charge is 0.240 e. The van der Waals surface area contributed by atoms with Gasteiger partial charge in [0.25, 0.3) is 0 Å². The van der Waals surface area contributed by atoms with E-state index in [-0.39, 0.29) is 5.15 Å². The number of fused-ring (bicyclic) bond motifs is 1. The van der Waals surface area contributed by atoms with E-state index >= 15 is 0 Å².